The molecule has 2 aromatic heterocycles. The largest absolute Gasteiger partial charge is 0.467 e. The molecule has 1 aromatic carbocycles. The number of rotatable bonds is 10. The van der Waals surface area contributed by atoms with Crippen LogP contribution in [0.4, 0.5) is 11.6 Å². The van der Waals surface area contributed by atoms with Crippen molar-refractivity contribution >= 4 is 43.2 Å². The lowest BCUT2D eigenvalue weighted by Gasteiger charge is -2.35. The number of fused-ring (bicyclic) bond motifs is 1. The summed E-state index contributed by atoms with van der Waals surface area (Å²) in [4.78, 5) is 18.3. The van der Waals surface area contributed by atoms with Crippen LogP contribution < -0.4 is 14.5 Å². The number of nitrogens with zero attached hydrogens (tertiary/aromatic N) is 6. The maximum absolute atomic E-state index is 12.7. The highest BCUT2D eigenvalue weighted by molar-refractivity contribution is 7.89. The van der Waals surface area contributed by atoms with Crippen LogP contribution in [-0.2, 0) is 16.4 Å². The van der Waals surface area contributed by atoms with E-state index in [2.05, 4.69) is 38.8 Å². The topological polar surface area (TPSA) is 112 Å². The van der Waals surface area contributed by atoms with Crippen LogP contribution in [0.3, 0.4) is 0 Å². The summed E-state index contributed by atoms with van der Waals surface area (Å²) >= 11 is 1.56. The Labute approximate surface area is 241 Å². The van der Waals surface area contributed by atoms with Crippen LogP contribution >= 0.6 is 11.3 Å². The Morgan fingerprint density at radius 3 is 2.40 bits per heavy atom. The van der Waals surface area contributed by atoms with Gasteiger partial charge in [-0.2, -0.15) is 4.31 Å². The number of hydrogen-bond acceptors (Lipinski definition) is 10. The minimum atomic E-state index is -3.38. The van der Waals surface area contributed by atoms with Crippen molar-refractivity contribution in [2.45, 2.75) is 64.6 Å². The highest BCUT2D eigenvalue weighted by Crippen LogP contribution is 2.33. The van der Waals surface area contributed by atoms with Gasteiger partial charge < -0.3 is 19.6 Å². The van der Waals surface area contributed by atoms with Gasteiger partial charge in [-0.25, -0.2) is 23.4 Å². The highest BCUT2D eigenvalue weighted by Gasteiger charge is 2.29. The van der Waals surface area contributed by atoms with Gasteiger partial charge in [0.1, 0.15) is 6.10 Å². The summed E-state index contributed by atoms with van der Waals surface area (Å²) in [7, 11) is -3.38. The zero-order valence-corrected chi connectivity index (χ0v) is 25.3. The van der Waals surface area contributed by atoms with Gasteiger partial charge in [-0.05, 0) is 50.5 Å². The van der Waals surface area contributed by atoms with Gasteiger partial charge in [0.15, 0.2) is 0 Å². The maximum atomic E-state index is 12.7. The number of piperidine rings is 1. The number of aliphatic hydroxyl groups is 1. The molecule has 0 bridgehead atoms. The summed E-state index contributed by atoms with van der Waals surface area (Å²) in [6, 6.07) is 6.19. The molecule has 0 saturated carbocycles. The standard InChI is InChI=1S/C28H40N6O4S2/c1-4-5-21-19-29-26(30-20-21)33-11-8-23(9-12-33)38-27-31-24-7-6-22(18-25(24)39-27)32-13-15-34(16-14-32)40(36,37)17-10-28(2,3)35/h6-7,18-20,23,35H,4-5,8-17H2,1-3H3. The summed E-state index contributed by atoms with van der Waals surface area (Å²) < 4.78 is 34.3. The summed E-state index contributed by atoms with van der Waals surface area (Å²) in [6.07, 6.45) is 8.09. The lowest BCUT2D eigenvalue weighted by Crippen LogP contribution is -2.49. The van der Waals surface area contributed by atoms with Gasteiger partial charge in [0.05, 0.1) is 21.6 Å². The van der Waals surface area contributed by atoms with Crippen molar-refractivity contribution in [1.29, 1.82) is 0 Å². The van der Waals surface area contributed by atoms with E-state index < -0.39 is 15.6 Å². The molecule has 218 valence electrons. The lowest BCUT2D eigenvalue weighted by molar-refractivity contribution is 0.0768. The SMILES string of the molecule is CCCc1cnc(N2CCC(Oc3nc4ccc(N5CCN(S(=O)(=O)CCC(C)(C)O)CC5)cc4s3)CC2)nc1. The molecule has 2 aliphatic heterocycles. The molecule has 5 rings (SSSR count). The Morgan fingerprint density at radius 1 is 1.05 bits per heavy atom. The molecule has 2 fully saturated rings. The number of benzene rings is 1. The van der Waals surface area contributed by atoms with Gasteiger partial charge in [-0.3, -0.25) is 0 Å². The summed E-state index contributed by atoms with van der Waals surface area (Å²) in [5, 5.41) is 10.6. The molecule has 2 aliphatic rings. The van der Waals surface area contributed by atoms with Crippen LogP contribution in [-0.4, -0.2) is 89.5 Å². The number of aromatic nitrogens is 3. The number of aryl methyl sites for hydroxylation is 1. The molecule has 40 heavy (non-hydrogen) atoms. The highest BCUT2D eigenvalue weighted by atomic mass is 32.2. The fourth-order valence-corrected chi connectivity index (χ4v) is 7.77. The van der Waals surface area contributed by atoms with Crippen molar-refractivity contribution in [3.8, 4) is 5.19 Å². The predicted molar refractivity (Wildman–Crippen MR) is 160 cm³/mol. The molecule has 0 aliphatic carbocycles. The normalized spacial score (nSPS) is 18.0. The third-order valence-electron chi connectivity index (χ3n) is 7.54. The van der Waals surface area contributed by atoms with Gasteiger partial charge >= 0.3 is 0 Å². The maximum Gasteiger partial charge on any atom is 0.274 e. The number of anilines is 2. The van der Waals surface area contributed by atoms with Gasteiger partial charge in [0.2, 0.25) is 16.0 Å². The van der Waals surface area contributed by atoms with Crippen LogP contribution in [0.25, 0.3) is 10.2 Å². The van der Waals surface area contributed by atoms with Crippen molar-refractivity contribution in [3.05, 3.63) is 36.2 Å². The molecule has 12 heteroatoms. The molecule has 1 N–H and O–H groups in total. The molecule has 0 amide bonds. The Bertz CT molecular complexity index is 1370. The van der Waals surface area contributed by atoms with Gasteiger partial charge in [0, 0.05) is 70.2 Å². The third-order valence-corrected chi connectivity index (χ3v) is 10.3. The van der Waals surface area contributed by atoms with Crippen molar-refractivity contribution < 1.29 is 18.3 Å². The van der Waals surface area contributed by atoms with E-state index in [9.17, 15) is 13.5 Å². The van der Waals surface area contributed by atoms with E-state index in [0.717, 1.165) is 60.6 Å². The van der Waals surface area contributed by atoms with Gasteiger partial charge in [-0.15, -0.1) is 0 Å². The lowest BCUT2D eigenvalue weighted by atomic mass is 10.1. The number of hydrogen-bond donors (Lipinski definition) is 1. The zero-order chi connectivity index (χ0) is 28.3. The van der Waals surface area contributed by atoms with Gasteiger partial charge in [-0.1, -0.05) is 24.7 Å². The second-order valence-corrected chi connectivity index (χ2v) is 14.4. The van der Waals surface area contributed by atoms with Crippen LogP contribution in [0.1, 0.15) is 52.0 Å². The molecule has 4 heterocycles. The van der Waals surface area contributed by atoms with Crippen molar-refractivity contribution in [1.82, 2.24) is 19.3 Å². The van der Waals surface area contributed by atoms with Crippen LogP contribution in [0.5, 0.6) is 5.19 Å². The van der Waals surface area contributed by atoms with E-state index >= 15 is 0 Å². The van der Waals surface area contributed by atoms with Crippen LogP contribution in [0, 0.1) is 0 Å². The first kappa shape index (κ1) is 29.0. The molecule has 0 unspecified atom stereocenters. The third kappa shape index (κ3) is 7.20. The number of piperazine rings is 1. The molecule has 10 nitrogen and oxygen atoms in total. The summed E-state index contributed by atoms with van der Waals surface area (Å²) in [5.74, 6) is 0.753. The Morgan fingerprint density at radius 2 is 1.75 bits per heavy atom. The van der Waals surface area contributed by atoms with E-state index in [4.69, 9.17) is 9.72 Å². The van der Waals surface area contributed by atoms with E-state index in [1.807, 2.05) is 18.5 Å². The summed E-state index contributed by atoms with van der Waals surface area (Å²) in [6.45, 7) is 9.27. The minimum Gasteiger partial charge on any atom is -0.467 e. The fraction of sp³-hybridized carbons (Fsp3) is 0.607. The first-order chi connectivity index (χ1) is 19.1. The Hall–Kier alpha value is -2.54. The smallest absolute Gasteiger partial charge is 0.274 e. The Kier molecular flexibility index (Phi) is 8.79. The first-order valence-electron chi connectivity index (χ1n) is 14.2. The molecule has 0 radical (unpaired) electrons. The Balaban J connectivity index is 1.14. The average molecular weight is 589 g/mol. The van der Waals surface area contributed by atoms with Gasteiger partial charge in [0.25, 0.3) is 5.19 Å². The molecular formula is C28H40N6O4S2. The fourth-order valence-electron chi connectivity index (χ4n) is 5.12. The second kappa shape index (κ2) is 12.1. The monoisotopic (exact) mass is 588 g/mol. The van der Waals surface area contributed by atoms with Crippen LogP contribution in [0.15, 0.2) is 30.6 Å². The molecule has 3 aromatic rings. The molecular weight excluding hydrogens is 548 g/mol. The summed E-state index contributed by atoms with van der Waals surface area (Å²) in [5.41, 5.74) is 2.16. The van der Waals surface area contributed by atoms with E-state index in [1.54, 1.807) is 29.5 Å². The minimum absolute atomic E-state index is 0.0367. The van der Waals surface area contributed by atoms with E-state index in [1.165, 1.54) is 5.56 Å². The predicted octanol–water partition coefficient (Wildman–Crippen LogP) is 3.70. The first-order valence-corrected chi connectivity index (χ1v) is 16.6. The molecule has 2 saturated heterocycles. The number of sulfonamides is 1. The van der Waals surface area contributed by atoms with Crippen molar-refractivity contribution in [3.63, 3.8) is 0 Å². The van der Waals surface area contributed by atoms with Crippen molar-refractivity contribution in [2.75, 3.05) is 54.8 Å². The number of ether oxygens (including phenoxy) is 1. The zero-order valence-electron chi connectivity index (χ0n) is 23.6. The van der Waals surface area contributed by atoms with E-state index in [0.29, 0.717) is 31.4 Å². The molecule has 0 spiro atoms. The quantitative estimate of drug-likeness (QED) is 0.379. The van der Waals surface area contributed by atoms with Crippen molar-refractivity contribution in [2.24, 2.45) is 0 Å². The average Bonchev–Trinajstić information content (AvgIpc) is 3.34. The second-order valence-electron chi connectivity index (χ2n) is 11.3. The molecule has 0 atom stereocenters. The van der Waals surface area contributed by atoms with E-state index in [-0.39, 0.29) is 18.3 Å². The van der Waals surface area contributed by atoms with Crippen LogP contribution in [0.2, 0.25) is 0 Å². The number of thiazole rings is 1.